The number of phenolic OH excluding ortho intramolecular Hbond substituents is 2. The minimum absolute atomic E-state index is 0. The van der Waals surface area contributed by atoms with Crippen LogP contribution in [0.25, 0.3) is 0 Å². The van der Waals surface area contributed by atoms with Gasteiger partial charge in [-0.25, -0.2) is 0 Å². The molecule has 6 nitrogen and oxygen atoms in total. The molecule has 0 amide bonds. The van der Waals surface area contributed by atoms with Crippen LogP contribution >= 0.6 is 0 Å². The van der Waals surface area contributed by atoms with Gasteiger partial charge in [0.15, 0.2) is 0 Å². The first-order chi connectivity index (χ1) is 14.5. The number of hydrogen-bond donors (Lipinski definition) is 3. The molecule has 2 aromatic rings. The Morgan fingerprint density at radius 3 is 1.55 bits per heavy atom. The zero-order valence-corrected chi connectivity index (χ0v) is 19.0. The molecule has 167 valence electrons. The van der Waals surface area contributed by atoms with E-state index in [2.05, 4.69) is 9.98 Å². The maximum absolute atomic E-state index is 10.4. The number of benzene rings is 2. The molecule has 0 spiro atoms. The Morgan fingerprint density at radius 1 is 0.774 bits per heavy atom. The molecule has 3 rings (SSSR count). The number of para-hydroxylation sites is 2. The fraction of sp³-hybridized carbons (Fsp3) is 0.375. The summed E-state index contributed by atoms with van der Waals surface area (Å²) in [5.41, 5.74) is 3.49. The summed E-state index contributed by atoms with van der Waals surface area (Å²) in [6.45, 7) is 2.17. The average Bonchev–Trinajstić information content (AvgIpc) is 2.70. The molecular formula is C24H30MnN2O4. The third kappa shape index (κ3) is 9.37. The van der Waals surface area contributed by atoms with E-state index in [9.17, 15) is 10.2 Å². The Balaban J connectivity index is 0.000000885. The Morgan fingerprint density at radius 2 is 1.16 bits per heavy atom. The van der Waals surface area contributed by atoms with Crippen LogP contribution in [0, 0.1) is 0 Å². The van der Waals surface area contributed by atoms with Crippen molar-refractivity contribution >= 4 is 18.4 Å². The number of nitrogens with zero attached hydrogens (tertiary/aromatic N) is 2. The van der Waals surface area contributed by atoms with Crippen molar-refractivity contribution in [2.45, 2.75) is 45.4 Å². The van der Waals surface area contributed by atoms with Crippen LogP contribution in [0.15, 0.2) is 46.4 Å². The van der Waals surface area contributed by atoms with Crippen LogP contribution in [0.3, 0.4) is 0 Å². The zero-order chi connectivity index (χ0) is 21.8. The number of aliphatic imine (C=N–C) groups is 2. The molecule has 31 heavy (non-hydrogen) atoms. The molecule has 1 heterocycles. The number of aromatic hydroxyl groups is 2. The van der Waals surface area contributed by atoms with Gasteiger partial charge in [0, 0.05) is 47.5 Å². The number of phenols is 2. The first kappa shape index (κ1) is 26.4. The van der Waals surface area contributed by atoms with Crippen LogP contribution < -0.4 is 0 Å². The van der Waals surface area contributed by atoms with Crippen molar-refractivity contribution < 1.29 is 37.2 Å². The van der Waals surface area contributed by atoms with E-state index < -0.39 is 5.97 Å². The van der Waals surface area contributed by atoms with Gasteiger partial charge in [-0.2, -0.15) is 0 Å². The maximum Gasteiger partial charge on any atom is 0.300 e. The first-order valence-electron chi connectivity index (χ1n) is 10.3. The van der Waals surface area contributed by atoms with Gasteiger partial charge >= 0.3 is 0 Å². The molecule has 0 saturated heterocycles. The van der Waals surface area contributed by atoms with Gasteiger partial charge < -0.3 is 15.3 Å². The predicted molar refractivity (Wildman–Crippen MR) is 120 cm³/mol. The molecule has 4 bridgehead atoms. The Kier molecular flexibility index (Phi) is 12.3. The van der Waals surface area contributed by atoms with Gasteiger partial charge in [-0.05, 0) is 48.9 Å². The van der Waals surface area contributed by atoms with Crippen LogP contribution in [0.5, 0.6) is 11.5 Å². The second-order valence-electron chi connectivity index (χ2n) is 7.21. The fourth-order valence-corrected chi connectivity index (χ4v) is 3.26. The van der Waals surface area contributed by atoms with E-state index in [0.717, 1.165) is 67.7 Å². The number of carboxylic acid groups (broad SMARTS) is 1. The number of fused-ring (bicyclic) bond motifs is 4. The van der Waals surface area contributed by atoms with Crippen molar-refractivity contribution in [2.75, 3.05) is 13.1 Å². The summed E-state index contributed by atoms with van der Waals surface area (Å²) in [7, 11) is 0. The Labute approximate surface area is 194 Å². The zero-order valence-electron chi connectivity index (χ0n) is 17.8. The van der Waals surface area contributed by atoms with Gasteiger partial charge in [0.2, 0.25) is 0 Å². The first-order valence-corrected chi connectivity index (χ1v) is 10.3. The van der Waals surface area contributed by atoms with Gasteiger partial charge in [-0.15, -0.1) is 0 Å². The summed E-state index contributed by atoms with van der Waals surface area (Å²) < 4.78 is 0. The van der Waals surface area contributed by atoms with Crippen LogP contribution in [0.4, 0.5) is 0 Å². The minimum atomic E-state index is -0.833. The van der Waals surface area contributed by atoms with Gasteiger partial charge in [-0.1, -0.05) is 37.1 Å². The third-order valence-electron chi connectivity index (χ3n) is 4.76. The molecule has 0 aromatic heterocycles. The predicted octanol–water partition coefficient (Wildman–Crippen LogP) is 4.38. The largest absolute Gasteiger partial charge is 0.507 e. The minimum Gasteiger partial charge on any atom is -0.507 e. The van der Waals surface area contributed by atoms with Crippen molar-refractivity contribution in [1.29, 1.82) is 0 Å². The number of aliphatic carboxylic acids is 1. The summed E-state index contributed by atoms with van der Waals surface area (Å²) in [6, 6.07) is 11.7. The van der Waals surface area contributed by atoms with Crippen molar-refractivity contribution in [3.05, 3.63) is 58.7 Å². The molecule has 0 unspecified atom stereocenters. The Bertz CT molecular complexity index is 826. The molecule has 0 atom stereocenters. The van der Waals surface area contributed by atoms with Crippen molar-refractivity contribution in [1.82, 2.24) is 0 Å². The van der Waals surface area contributed by atoms with E-state index in [1.807, 2.05) is 36.4 Å². The molecule has 0 fully saturated rings. The number of carboxylic acids is 1. The topological polar surface area (TPSA) is 102 Å². The second kappa shape index (κ2) is 14.4. The van der Waals surface area contributed by atoms with Gasteiger partial charge in [-0.3, -0.25) is 14.8 Å². The molecule has 0 saturated carbocycles. The van der Waals surface area contributed by atoms with E-state index in [-0.39, 0.29) is 17.1 Å². The number of rotatable bonds is 0. The van der Waals surface area contributed by atoms with Crippen LogP contribution in [-0.2, 0) is 34.7 Å². The van der Waals surface area contributed by atoms with Gasteiger partial charge in [0.25, 0.3) is 5.97 Å². The SMILES string of the molecule is CC(=O)O.Oc1c2cccc1CCCCCCc1cccc(c1O)C=NCCN=C2.[Mn]. The second-order valence-corrected chi connectivity index (χ2v) is 7.21. The summed E-state index contributed by atoms with van der Waals surface area (Å²) in [5, 5.41) is 28.2. The number of aryl methyl sites for hydroxylation is 2. The van der Waals surface area contributed by atoms with E-state index >= 15 is 0 Å². The Hall–Kier alpha value is -2.63. The summed E-state index contributed by atoms with van der Waals surface area (Å²) in [6.07, 6.45) is 9.50. The standard InChI is InChI=1S/C22H26N2O2.C2H4O2.Mn/c25-21-17-7-3-1-2-4-8-18-10-6-12-20(22(18)26)16-24-14-13-23-15-19(21)11-5-9-17;1-2(3)4;/h5-6,9-12,15-16,25-26H,1-4,7-8,13-14H2;1H3,(H,3,4);. The van der Waals surface area contributed by atoms with E-state index in [0.29, 0.717) is 24.6 Å². The smallest absolute Gasteiger partial charge is 0.300 e. The van der Waals surface area contributed by atoms with E-state index in [1.54, 1.807) is 12.4 Å². The summed E-state index contributed by atoms with van der Waals surface area (Å²) >= 11 is 0. The molecule has 3 N–H and O–H groups in total. The number of hydrogen-bond acceptors (Lipinski definition) is 5. The van der Waals surface area contributed by atoms with Crippen LogP contribution in [0.1, 0.15) is 54.9 Å². The summed E-state index contributed by atoms with van der Waals surface area (Å²) in [4.78, 5) is 17.7. The molecular weight excluding hydrogens is 435 g/mol. The molecule has 1 aliphatic heterocycles. The van der Waals surface area contributed by atoms with Crippen LogP contribution in [-0.4, -0.2) is 46.8 Å². The van der Waals surface area contributed by atoms with Crippen molar-refractivity contribution in [3.63, 3.8) is 0 Å². The quantitative estimate of drug-likeness (QED) is 0.503. The summed E-state index contributed by atoms with van der Waals surface area (Å²) in [5.74, 6) is -0.137. The number of carbonyl (C=O) groups is 1. The van der Waals surface area contributed by atoms with Gasteiger partial charge in [0.1, 0.15) is 11.5 Å². The van der Waals surface area contributed by atoms with E-state index in [1.165, 1.54) is 0 Å². The van der Waals surface area contributed by atoms with Crippen molar-refractivity contribution in [3.8, 4) is 11.5 Å². The molecule has 2 aromatic carbocycles. The van der Waals surface area contributed by atoms with E-state index in [4.69, 9.17) is 9.90 Å². The molecule has 7 heteroatoms. The molecule has 1 aliphatic rings. The molecule has 0 aliphatic carbocycles. The average molecular weight is 465 g/mol. The van der Waals surface area contributed by atoms with Gasteiger partial charge in [0.05, 0.1) is 13.1 Å². The molecule has 1 radical (unpaired) electrons. The third-order valence-corrected chi connectivity index (χ3v) is 4.76. The maximum atomic E-state index is 10.4. The fourth-order valence-electron chi connectivity index (χ4n) is 3.26. The van der Waals surface area contributed by atoms with Crippen molar-refractivity contribution in [2.24, 2.45) is 9.98 Å². The van der Waals surface area contributed by atoms with Crippen LogP contribution in [0.2, 0.25) is 0 Å². The monoisotopic (exact) mass is 465 g/mol. The normalized spacial score (nSPS) is 14.2.